The number of nitrogens with zero attached hydrogens (tertiary/aromatic N) is 4. The van der Waals surface area contributed by atoms with Crippen LogP contribution in [-0.4, -0.2) is 43.8 Å². The number of aromatic nitrogens is 4. The van der Waals surface area contributed by atoms with Crippen molar-refractivity contribution in [3.63, 3.8) is 0 Å². The van der Waals surface area contributed by atoms with Crippen molar-refractivity contribution in [3.05, 3.63) is 36.2 Å². The number of likely N-dealkylation sites (tertiary alicyclic amines) is 1. The van der Waals surface area contributed by atoms with E-state index in [9.17, 15) is 0 Å². The molecule has 2 aromatic heterocycles. The van der Waals surface area contributed by atoms with E-state index in [1.165, 1.54) is 61.8 Å². The number of benzene rings is 1. The van der Waals surface area contributed by atoms with E-state index in [2.05, 4.69) is 52.7 Å². The first-order valence-electron chi connectivity index (χ1n) is 10.9. The second kappa shape index (κ2) is 7.36. The van der Waals surface area contributed by atoms with Gasteiger partial charge in [0.1, 0.15) is 5.69 Å². The Morgan fingerprint density at radius 1 is 1.11 bits per heavy atom. The zero-order valence-corrected chi connectivity index (χ0v) is 17.1. The molecule has 28 heavy (non-hydrogen) atoms. The molecular weight excluding hydrogens is 346 g/mol. The van der Waals surface area contributed by atoms with Gasteiger partial charge >= 0.3 is 0 Å². The summed E-state index contributed by atoms with van der Waals surface area (Å²) in [5.74, 6) is 1.67. The lowest BCUT2D eigenvalue weighted by molar-refractivity contribution is 0.0845. The Kier molecular flexibility index (Phi) is 4.71. The summed E-state index contributed by atoms with van der Waals surface area (Å²) in [4.78, 5) is 11.0. The SMILES string of the molecule is CC(C)n1nc(-c2ncc(CC3CCN(C4CCC4)CC3)[nH]2)c2ccccc21. The fourth-order valence-electron chi connectivity index (χ4n) is 4.83. The molecule has 1 aromatic carbocycles. The van der Waals surface area contributed by atoms with Crippen LogP contribution in [0.4, 0.5) is 0 Å². The van der Waals surface area contributed by atoms with Crippen molar-refractivity contribution in [1.29, 1.82) is 0 Å². The number of H-pyrrole nitrogens is 1. The molecule has 3 heterocycles. The van der Waals surface area contributed by atoms with E-state index in [1.54, 1.807) is 0 Å². The van der Waals surface area contributed by atoms with Gasteiger partial charge < -0.3 is 9.88 Å². The van der Waals surface area contributed by atoms with Crippen LogP contribution in [0.1, 0.15) is 57.7 Å². The molecular formula is C23H31N5. The van der Waals surface area contributed by atoms with Crippen molar-refractivity contribution in [2.75, 3.05) is 13.1 Å². The van der Waals surface area contributed by atoms with Crippen LogP contribution in [-0.2, 0) is 6.42 Å². The Morgan fingerprint density at radius 3 is 2.61 bits per heavy atom. The van der Waals surface area contributed by atoms with Crippen molar-refractivity contribution in [2.24, 2.45) is 5.92 Å². The quantitative estimate of drug-likeness (QED) is 0.694. The maximum Gasteiger partial charge on any atom is 0.158 e. The van der Waals surface area contributed by atoms with Gasteiger partial charge in [-0.25, -0.2) is 4.98 Å². The van der Waals surface area contributed by atoms with Gasteiger partial charge in [0, 0.05) is 29.4 Å². The summed E-state index contributed by atoms with van der Waals surface area (Å²) in [6, 6.07) is 9.67. The Morgan fingerprint density at radius 2 is 1.89 bits per heavy atom. The van der Waals surface area contributed by atoms with Gasteiger partial charge in [-0.1, -0.05) is 24.6 Å². The van der Waals surface area contributed by atoms with Crippen LogP contribution in [0.5, 0.6) is 0 Å². The molecule has 0 unspecified atom stereocenters. The molecule has 5 nitrogen and oxygen atoms in total. The predicted octanol–water partition coefficient (Wildman–Crippen LogP) is 4.81. The summed E-state index contributed by atoms with van der Waals surface area (Å²) < 4.78 is 2.10. The van der Waals surface area contributed by atoms with Gasteiger partial charge in [-0.2, -0.15) is 5.10 Å². The molecule has 1 aliphatic carbocycles. The van der Waals surface area contributed by atoms with Crippen LogP contribution in [0.2, 0.25) is 0 Å². The topological polar surface area (TPSA) is 49.7 Å². The Balaban J connectivity index is 1.31. The lowest BCUT2D eigenvalue weighted by Crippen LogP contribution is -2.45. The van der Waals surface area contributed by atoms with Gasteiger partial charge in [-0.05, 0) is 71.0 Å². The summed E-state index contributed by atoms with van der Waals surface area (Å²) >= 11 is 0. The van der Waals surface area contributed by atoms with Crippen molar-refractivity contribution in [2.45, 2.75) is 64.5 Å². The number of hydrogen-bond acceptors (Lipinski definition) is 3. The first-order valence-corrected chi connectivity index (χ1v) is 10.9. The fourth-order valence-corrected chi connectivity index (χ4v) is 4.83. The van der Waals surface area contributed by atoms with E-state index < -0.39 is 0 Å². The zero-order chi connectivity index (χ0) is 19.1. The number of para-hydroxylation sites is 1. The highest BCUT2D eigenvalue weighted by molar-refractivity contribution is 5.91. The summed E-state index contributed by atoms with van der Waals surface area (Å²) in [5.41, 5.74) is 3.39. The van der Waals surface area contributed by atoms with Crippen LogP contribution < -0.4 is 0 Å². The molecule has 0 radical (unpaired) electrons. The standard InChI is InChI=1S/C23H31N5/c1-16(2)28-21-9-4-3-8-20(21)22(26-28)23-24-15-18(25-23)14-17-10-12-27(13-11-17)19-6-5-7-19/h3-4,8-9,15-17,19H,5-7,10-14H2,1-2H3,(H,24,25). The van der Waals surface area contributed by atoms with Gasteiger partial charge in [0.05, 0.1) is 5.52 Å². The maximum absolute atomic E-state index is 4.88. The van der Waals surface area contributed by atoms with E-state index in [-0.39, 0.29) is 0 Å². The molecule has 0 amide bonds. The molecule has 3 aromatic rings. The Bertz CT molecular complexity index is 941. The van der Waals surface area contributed by atoms with Gasteiger partial charge in [-0.15, -0.1) is 0 Å². The average Bonchev–Trinajstić information content (AvgIpc) is 3.26. The molecule has 2 aliphatic rings. The van der Waals surface area contributed by atoms with Crippen LogP contribution in [0.15, 0.2) is 30.5 Å². The fraction of sp³-hybridized carbons (Fsp3) is 0.565. The molecule has 2 fully saturated rings. The molecule has 5 heteroatoms. The number of nitrogens with one attached hydrogen (secondary N) is 1. The monoisotopic (exact) mass is 377 g/mol. The van der Waals surface area contributed by atoms with Crippen molar-refractivity contribution in [1.82, 2.24) is 24.6 Å². The minimum absolute atomic E-state index is 0.328. The van der Waals surface area contributed by atoms with Crippen LogP contribution >= 0.6 is 0 Å². The lowest BCUT2D eigenvalue weighted by Gasteiger charge is -2.41. The van der Waals surface area contributed by atoms with E-state index >= 15 is 0 Å². The first kappa shape index (κ1) is 17.9. The summed E-state index contributed by atoms with van der Waals surface area (Å²) in [7, 11) is 0. The Labute approximate surface area is 167 Å². The van der Waals surface area contributed by atoms with Crippen molar-refractivity contribution < 1.29 is 0 Å². The zero-order valence-electron chi connectivity index (χ0n) is 17.1. The summed E-state index contributed by atoms with van der Waals surface area (Å²) in [5, 5.41) is 6.05. The molecule has 1 saturated heterocycles. The molecule has 0 spiro atoms. The molecule has 148 valence electrons. The second-order valence-electron chi connectivity index (χ2n) is 8.93. The number of hydrogen-bond donors (Lipinski definition) is 1. The van der Waals surface area contributed by atoms with Crippen molar-refractivity contribution >= 4 is 10.9 Å². The highest BCUT2D eigenvalue weighted by Gasteiger charge is 2.29. The highest BCUT2D eigenvalue weighted by atomic mass is 15.3. The summed E-state index contributed by atoms with van der Waals surface area (Å²) in [6.45, 7) is 6.90. The number of piperidine rings is 1. The van der Waals surface area contributed by atoms with Crippen LogP contribution in [0.25, 0.3) is 22.4 Å². The molecule has 0 bridgehead atoms. The summed E-state index contributed by atoms with van der Waals surface area (Å²) in [6.07, 6.45) is 10.0. The largest absolute Gasteiger partial charge is 0.340 e. The van der Waals surface area contributed by atoms with E-state index in [0.717, 1.165) is 29.9 Å². The van der Waals surface area contributed by atoms with E-state index in [1.807, 2.05) is 6.20 Å². The first-order chi connectivity index (χ1) is 13.7. The smallest absolute Gasteiger partial charge is 0.158 e. The van der Waals surface area contributed by atoms with Gasteiger partial charge in [0.2, 0.25) is 0 Å². The minimum Gasteiger partial charge on any atom is -0.340 e. The van der Waals surface area contributed by atoms with Crippen LogP contribution in [0, 0.1) is 5.92 Å². The molecule has 1 aliphatic heterocycles. The second-order valence-corrected chi connectivity index (χ2v) is 8.93. The molecule has 0 atom stereocenters. The molecule has 1 saturated carbocycles. The highest BCUT2D eigenvalue weighted by Crippen LogP contribution is 2.31. The maximum atomic E-state index is 4.88. The van der Waals surface area contributed by atoms with E-state index in [4.69, 9.17) is 10.1 Å². The molecule has 1 N–H and O–H groups in total. The lowest BCUT2D eigenvalue weighted by atomic mass is 9.86. The number of rotatable bonds is 5. The van der Waals surface area contributed by atoms with E-state index in [0.29, 0.717) is 6.04 Å². The minimum atomic E-state index is 0.328. The Hall–Kier alpha value is -2.14. The van der Waals surface area contributed by atoms with Gasteiger partial charge in [0.15, 0.2) is 5.82 Å². The van der Waals surface area contributed by atoms with Gasteiger partial charge in [-0.3, -0.25) is 4.68 Å². The van der Waals surface area contributed by atoms with Gasteiger partial charge in [0.25, 0.3) is 0 Å². The van der Waals surface area contributed by atoms with Crippen LogP contribution in [0.3, 0.4) is 0 Å². The third-order valence-electron chi connectivity index (χ3n) is 6.70. The van der Waals surface area contributed by atoms with Crippen molar-refractivity contribution in [3.8, 4) is 11.5 Å². The number of imidazole rings is 1. The number of fused-ring (bicyclic) bond motifs is 1. The normalized spacial score (nSPS) is 19.5. The predicted molar refractivity (Wildman–Crippen MR) is 113 cm³/mol. The third-order valence-corrected chi connectivity index (χ3v) is 6.70. The molecule has 5 rings (SSSR count). The third kappa shape index (κ3) is 3.26. The number of aromatic amines is 1. The average molecular weight is 378 g/mol.